The maximum atomic E-state index is 12.4. The van der Waals surface area contributed by atoms with Crippen LogP contribution in [0.25, 0.3) is 0 Å². The van der Waals surface area contributed by atoms with Crippen molar-refractivity contribution in [3.63, 3.8) is 0 Å². The molecule has 0 aromatic heterocycles. The first-order valence-electron chi connectivity index (χ1n) is 5.89. The summed E-state index contributed by atoms with van der Waals surface area (Å²) in [6, 6.07) is 5.71. The number of benzene rings is 1. The molecule has 0 aliphatic heterocycles. The molecule has 7 nitrogen and oxygen atoms in total. The molecule has 1 rings (SSSR count). The van der Waals surface area contributed by atoms with Gasteiger partial charge in [0.2, 0.25) is 10.0 Å². The van der Waals surface area contributed by atoms with E-state index in [2.05, 4.69) is 15.9 Å². The highest BCUT2D eigenvalue weighted by atomic mass is 79.9. The Labute approximate surface area is 130 Å². The Morgan fingerprint density at radius 2 is 1.43 bits per heavy atom. The standard InChI is InChI=1S/C12H14BrNO6S/c13-9-1-3-10(4-2-9)21(19,20)14(7-5-11(15)16)8-6-12(17)18/h1-4H,5-8H2,(H,15,16)(H,17,18)/p-2. The first-order chi connectivity index (χ1) is 9.73. The first kappa shape index (κ1) is 17.6. The molecule has 0 unspecified atom stereocenters. The lowest BCUT2D eigenvalue weighted by atomic mass is 10.4. The highest BCUT2D eigenvalue weighted by Crippen LogP contribution is 2.19. The molecule has 0 bridgehead atoms. The van der Waals surface area contributed by atoms with Crippen molar-refractivity contribution in [3.8, 4) is 0 Å². The van der Waals surface area contributed by atoms with Gasteiger partial charge < -0.3 is 19.8 Å². The summed E-state index contributed by atoms with van der Waals surface area (Å²) in [4.78, 5) is 20.9. The van der Waals surface area contributed by atoms with Crippen LogP contribution in [0.3, 0.4) is 0 Å². The van der Waals surface area contributed by atoms with Crippen LogP contribution < -0.4 is 10.2 Å². The predicted molar refractivity (Wildman–Crippen MR) is 72.1 cm³/mol. The molecule has 21 heavy (non-hydrogen) atoms. The van der Waals surface area contributed by atoms with Crippen LogP contribution >= 0.6 is 15.9 Å². The molecule has 1 aromatic rings. The third kappa shape index (κ3) is 5.44. The van der Waals surface area contributed by atoms with Crippen LogP contribution in [0.4, 0.5) is 0 Å². The van der Waals surface area contributed by atoms with Crippen molar-refractivity contribution < 1.29 is 28.2 Å². The molecule has 0 aliphatic carbocycles. The van der Waals surface area contributed by atoms with Crippen molar-refractivity contribution in [2.45, 2.75) is 17.7 Å². The van der Waals surface area contributed by atoms with Gasteiger partial charge in [0, 0.05) is 42.3 Å². The number of carbonyl (C=O) groups is 2. The highest BCUT2D eigenvalue weighted by molar-refractivity contribution is 9.10. The molecule has 0 radical (unpaired) electrons. The normalized spacial score (nSPS) is 11.5. The van der Waals surface area contributed by atoms with Gasteiger partial charge in [-0.3, -0.25) is 0 Å². The Balaban J connectivity index is 3.00. The van der Waals surface area contributed by atoms with Gasteiger partial charge in [-0.1, -0.05) is 15.9 Å². The van der Waals surface area contributed by atoms with Crippen molar-refractivity contribution >= 4 is 37.9 Å². The van der Waals surface area contributed by atoms with Crippen molar-refractivity contribution in [2.24, 2.45) is 0 Å². The maximum absolute atomic E-state index is 12.4. The van der Waals surface area contributed by atoms with Crippen LogP contribution in [0.5, 0.6) is 0 Å². The Kier molecular flexibility index (Phi) is 6.31. The van der Waals surface area contributed by atoms with E-state index in [9.17, 15) is 28.2 Å². The van der Waals surface area contributed by atoms with Crippen LogP contribution in [0.2, 0.25) is 0 Å². The number of hydrogen-bond acceptors (Lipinski definition) is 6. The number of sulfonamides is 1. The molecule has 0 aliphatic rings. The lowest BCUT2D eigenvalue weighted by Crippen LogP contribution is -2.38. The number of carboxylic acid groups (broad SMARTS) is 2. The Hall–Kier alpha value is -1.45. The number of aliphatic carboxylic acids is 2. The summed E-state index contributed by atoms with van der Waals surface area (Å²) in [5.74, 6) is -2.83. The number of carboxylic acids is 2. The minimum Gasteiger partial charge on any atom is -0.550 e. The quantitative estimate of drug-likeness (QED) is 0.556. The zero-order valence-corrected chi connectivity index (χ0v) is 13.2. The fraction of sp³-hybridized carbons (Fsp3) is 0.333. The van der Waals surface area contributed by atoms with Gasteiger partial charge in [-0.25, -0.2) is 8.42 Å². The second kappa shape index (κ2) is 7.53. The summed E-state index contributed by atoms with van der Waals surface area (Å²) in [5, 5.41) is 21.0. The van der Waals surface area contributed by atoms with Gasteiger partial charge in [0.25, 0.3) is 0 Å². The Bertz CT molecular complexity index is 595. The third-order valence-corrected chi connectivity index (χ3v) is 5.02. The van der Waals surface area contributed by atoms with Crippen LogP contribution in [-0.4, -0.2) is 37.8 Å². The minimum absolute atomic E-state index is 0.0533. The van der Waals surface area contributed by atoms with E-state index in [4.69, 9.17) is 0 Å². The molecule has 0 saturated heterocycles. The number of rotatable bonds is 8. The summed E-state index contributed by atoms with van der Waals surface area (Å²) >= 11 is 3.17. The van der Waals surface area contributed by atoms with Gasteiger partial charge in [0.1, 0.15) is 0 Å². The first-order valence-corrected chi connectivity index (χ1v) is 8.12. The van der Waals surface area contributed by atoms with E-state index in [0.717, 1.165) is 4.31 Å². The summed E-state index contributed by atoms with van der Waals surface area (Å²) in [6.45, 7) is -0.734. The number of carbonyl (C=O) groups excluding carboxylic acids is 2. The largest absolute Gasteiger partial charge is 0.550 e. The molecule has 0 fully saturated rings. The number of nitrogens with zero attached hydrogens (tertiary/aromatic N) is 1. The van der Waals surface area contributed by atoms with Crippen LogP contribution in [0.1, 0.15) is 12.8 Å². The molecule has 116 valence electrons. The molecule has 0 saturated carbocycles. The van der Waals surface area contributed by atoms with E-state index in [1.165, 1.54) is 24.3 Å². The summed E-state index contributed by atoms with van der Waals surface area (Å²) in [6.07, 6.45) is -1.05. The molecule has 0 N–H and O–H groups in total. The molecular formula is C12H12BrNO6S-2. The number of hydrogen-bond donors (Lipinski definition) is 0. The lowest BCUT2D eigenvalue weighted by molar-refractivity contribution is -0.306. The predicted octanol–water partition coefficient (Wildman–Crippen LogP) is -1.28. The second-order valence-corrected chi connectivity index (χ2v) is 6.96. The molecular weight excluding hydrogens is 366 g/mol. The molecule has 1 aromatic carbocycles. The van der Waals surface area contributed by atoms with E-state index in [-0.39, 0.29) is 18.0 Å². The summed E-state index contributed by atoms with van der Waals surface area (Å²) in [7, 11) is -3.98. The van der Waals surface area contributed by atoms with Crippen molar-refractivity contribution in [1.29, 1.82) is 0 Å². The summed E-state index contributed by atoms with van der Waals surface area (Å²) in [5.41, 5.74) is 0. The van der Waals surface area contributed by atoms with Crippen molar-refractivity contribution in [2.75, 3.05) is 13.1 Å². The van der Waals surface area contributed by atoms with Gasteiger partial charge in [-0.15, -0.1) is 0 Å². The SMILES string of the molecule is O=C([O-])CCN(CCC(=O)[O-])S(=O)(=O)c1ccc(Br)cc1. The minimum atomic E-state index is -3.98. The second-order valence-electron chi connectivity index (χ2n) is 4.10. The van der Waals surface area contributed by atoms with Crippen LogP contribution in [0.15, 0.2) is 33.6 Å². The van der Waals surface area contributed by atoms with Crippen molar-refractivity contribution in [1.82, 2.24) is 4.31 Å². The lowest BCUT2D eigenvalue weighted by Gasteiger charge is -2.22. The van der Waals surface area contributed by atoms with Gasteiger partial charge in [-0.2, -0.15) is 4.31 Å². The fourth-order valence-corrected chi connectivity index (χ4v) is 3.25. The summed E-state index contributed by atoms with van der Waals surface area (Å²) < 4.78 is 26.2. The Morgan fingerprint density at radius 3 is 1.81 bits per heavy atom. The smallest absolute Gasteiger partial charge is 0.243 e. The van der Waals surface area contributed by atoms with Gasteiger partial charge in [0.15, 0.2) is 0 Å². The van der Waals surface area contributed by atoms with Crippen LogP contribution in [0, 0.1) is 0 Å². The average molecular weight is 378 g/mol. The van der Waals surface area contributed by atoms with E-state index < -0.39 is 34.8 Å². The highest BCUT2D eigenvalue weighted by Gasteiger charge is 2.23. The van der Waals surface area contributed by atoms with Gasteiger partial charge in [-0.05, 0) is 24.3 Å². The van der Waals surface area contributed by atoms with E-state index in [0.29, 0.717) is 4.47 Å². The van der Waals surface area contributed by atoms with Crippen LogP contribution in [-0.2, 0) is 19.6 Å². The van der Waals surface area contributed by atoms with Gasteiger partial charge in [0.05, 0.1) is 4.90 Å². The molecule has 0 atom stereocenters. The Morgan fingerprint density at radius 1 is 1.00 bits per heavy atom. The molecule has 9 heteroatoms. The monoisotopic (exact) mass is 377 g/mol. The van der Waals surface area contributed by atoms with Crippen molar-refractivity contribution in [3.05, 3.63) is 28.7 Å². The zero-order chi connectivity index (χ0) is 16.0. The third-order valence-electron chi connectivity index (χ3n) is 2.58. The average Bonchev–Trinajstić information content (AvgIpc) is 2.38. The fourth-order valence-electron chi connectivity index (χ4n) is 1.54. The number of halogens is 1. The zero-order valence-electron chi connectivity index (χ0n) is 10.8. The van der Waals surface area contributed by atoms with Gasteiger partial charge >= 0.3 is 0 Å². The maximum Gasteiger partial charge on any atom is 0.243 e. The van der Waals surface area contributed by atoms with E-state index >= 15 is 0 Å². The van der Waals surface area contributed by atoms with E-state index in [1.807, 2.05) is 0 Å². The van der Waals surface area contributed by atoms with E-state index in [1.54, 1.807) is 0 Å². The topological polar surface area (TPSA) is 118 Å². The molecule has 0 heterocycles. The molecule has 0 spiro atoms. The molecule has 0 amide bonds.